The molecule has 1 saturated heterocycles. The first kappa shape index (κ1) is 19.5. The average Bonchev–Trinajstić information content (AvgIpc) is 3.18. The van der Waals surface area contributed by atoms with Crippen molar-refractivity contribution < 1.29 is 13.2 Å². The van der Waals surface area contributed by atoms with Gasteiger partial charge in [0.05, 0.1) is 20.0 Å². The summed E-state index contributed by atoms with van der Waals surface area (Å²) in [6.07, 6.45) is 6.34. The zero-order valence-electron chi connectivity index (χ0n) is 15.8. The number of imidazole rings is 1. The van der Waals surface area contributed by atoms with Crippen LogP contribution in [0.2, 0.25) is 0 Å². The molecule has 0 aliphatic carbocycles. The minimum absolute atomic E-state index is 0.0338. The minimum atomic E-state index is -3.77. The Hall–Kier alpha value is -2.27. The fourth-order valence-electron chi connectivity index (χ4n) is 2.76. The van der Waals surface area contributed by atoms with Crippen LogP contribution in [0.1, 0.15) is 45.0 Å². The van der Waals surface area contributed by atoms with Crippen molar-refractivity contribution in [3.05, 3.63) is 18.3 Å². The molecule has 1 fully saturated rings. The first-order valence-corrected chi connectivity index (χ1v) is 10.4. The molecule has 0 atom stereocenters. The van der Waals surface area contributed by atoms with E-state index in [0.717, 1.165) is 25.9 Å². The summed E-state index contributed by atoms with van der Waals surface area (Å²) in [5.74, 6) is 0.814. The minimum Gasteiger partial charge on any atom is -0.467 e. The topological polar surface area (TPSA) is 115 Å². The van der Waals surface area contributed by atoms with Crippen LogP contribution in [0.4, 0.5) is 5.95 Å². The van der Waals surface area contributed by atoms with Crippen molar-refractivity contribution in [2.45, 2.75) is 50.7 Å². The highest BCUT2D eigenvalue weighted by molar-refractivity contribution is 7.89. The third kappa shape index (κ3) is 4.72. The zero-order chi connectivity index (χ0) is 19.4. The molecule has 3 rings (SSSR count). The molecule has 0 radical (unpaired) electrons. The van der Waals surface area contributed by atoms with Crippen molar-refractivity contribution in [2.75, 3.05) is 25.1 Å². The van der Waals surface area contributed by atoms with E-state index in [1.165, 1.54) is 26.1 Å². The molecule has 1 N–H and O–H groups in total. The van der Waals surface area contributed by atoms with Gasteiger partial charge in [0, 0.05) is 25.3 Å². The monoisotopic (exact) mass is 395 g/mol. The van der Waals surface area contributed by atoms with Gasteiger partial charge in [-0.2, -0.15) is 15.0 Å². The second kappa shape index (κ2) is 8.17. The Labute approximate surface area is 159 Å². The van der Waals surface area contributed by atoms with Crippen LogP contribution in [-0.2, 0) is 16.6 Å². The molecule has 0 bridgehead atoms. The summed E-state index contributed by atoms with van der Waals surface area (Å²) in [7, 11) is -2.29. The Bertz CT molecular complexity index is 876. The van der Waals surface area contributed by atoms with Gasteiger partial charge < -0.3 is 14.2 Å². The lowest BCUT2D eigenvalue weighted by atomic mass is 10.1. The van der Waals surface area contributed by atoms with Gasteiger partial charge in [-0.05, 0) is 33.1 Å². The van der Waals surface area contributed by atoms with Crippen molar-refractivity contribution in [3.8, 4) is 6.01 Å². The van der Waals surface area contributed by atoms with Gasteiger partial charge in [-0.25, -0.2) is 18.1 Å². The maximum atomic E-state index is 12.5. The molecule has 11 heteroatoms. The lowest BCUT2D eigenvalue weighted by Gasteiger charge is -2.26. The van der Waals surface area contributed by atoms with Crippen molar-refractivity contribution in [2.24, 2.45) is 0 Å². The van der Waals surface area contributed by atoms with Crippen LogP contribution >= 0.6 is 0 Å². The molecule has 2 aromatic rings. The largest absolute Gasteiger partial charge is 0.467 e. The van der Waals surface area contributed by atoms with Crippen molar-refractivity contribution in [1.29, 1.82) is 0 Å². The van der Waals surface area contributed by atoms with Gasteiger partial charge in [0.15, 0.2) is 10.9 Å². The van der Waals surface area contributed by atoms with Gasteiger partial charge in [-0.3, -0.25) is 0 Å². The summed E-state index contributed by atoms with van der Waals surface area (Å²) in [4.78, 5) is 18.9. The molecular formula is C16H25N7O3S. The molecule has 1 aliphatic rings. The Morgan fingerprint density at radius 1 is 1.19 bits per heavy atom. The van der Waals surface area contributed by atoms with Crippen molar-refractivity contribution >= 4 is 16.0 Å². The highest BCUT2D eigenvalue weighted by Gasteiger charge is 2.20. The van der Waals surface area contributed by atoms with Gasteiger partial charge in [0.25, 0.3) is 10.0 Å². The quantitative estimate of drug-likeness (QED) is 0.742. The Balaban J connectivity index is 1.75. The number of aromatic nitrogens is 5. The Morgan fingerprint density at radius 2 is 1.93 bits per heavy atom. The van der Waals surface area contributed by atoms with E-state index >= 15 is 0 Å². The van der Waals surface area contributed by atoms with Crippen molar-refractivity contribution in [3.63, 3.8) is 0 Å². The third-order valence-corrected chi connectivity index (χ3v) is 5.63. The molecule has 1 aliphatic heterocycles. The summed E-state index contributed by atoms with van der Waals surface area (Å²) >= 11 is 0. The van der Waals surface area contributed by atoms with Crippen LogP contribution in [0.25, 0.3) is 0 Å². The first-order valence-electron chi connectivity index (χ1n) is 8.96. The second-order valence-corrected chi connectivity index (χ2v) is 8.38. The molecule has 2 aromatic heterocycles. The summed E-state index contributed by atoms with van der Waals surface area (Å²) in [5.41, 5.74) is 0. The second-order valence-electron chi connectivity index (χ2n) is 6.66. The third-order valence-electron chi connectivity index (χ3n) is 4.34. The van der Waals surface area contributed by atoms with Crippen LogP contribution in [-0.4, -0.2) is 53.1 Å². The van der Waals surface area contributed by atoms with Gasteiger partial charge in [-0.1, -0.05) is 0 Å². The fourth-order valence-corrected chi connectivity index (χ4v) is 3.68. The number of rotatable bonds is 7. The molecule has 0 unspecified atom stereocenters. The normalized spacial score (nSPS) is 15.3. The van der Waals surface area contributed by atoms with E-state index in [9.17, 15) is 8.42 Å². The molecule has 0 amide bonds. The highest BCUT2D eigenvalue weighted by atomic mass is 32.2. The van der Waals surface area contributed by atoms with Crippen LogP contribution in [0.3, 0.4) is 0 Å². The summed E-state index contributed by atoms with van der Waals surface area (Å²) < 4.78 is 34.3. The molecular weight excluding hydrogens is 370 g/mol. The van der Waals surface area contributed by atoms with Gasteiger partial charge in [-0.15, -0.1) is 0 Å². The van der Waals surface area contributed by atoms with Crippen LogP contribution in [0, 0.1) is 0 Å². The lowest BCUT2D eigenvalue weighted by Crippen LogP contribution is -2.32. The molecule has 148 valence electrons. The predicted octanol–water partition coefficient (Wildman–Crippen LogP) is 1.13. The molecule has 0 spiro atoms. The average molecular weight is 395 g/mol. The van der Waals surface area contributed by atoms with Gasteiger partial charge in [0.2, 0.25) is 5.95 Å². The molecule has 0 saturated carbocycles. The summed E-state index contributed by atoms with van der Waals surface area (Å²) in [6, 6.07) is 0.296. The number of sulfonamides is 1. The molecule has 0 aromatic carbocycles. The summed E-state index contributed by atoms with van der Waals surface area (Å²) in [6.45, 7) is 5.56. The zero-order valence-corrected chi connectivity index (χ0v) is 16.6. The number of hydrogen-bond donors (Lipinski definition) is 1. The maximum Gasteiger partial charge on any atom is 0.321 e. The lowest BCUT2D eigenvalue weighted by molar-refractivity contribution is 0.374. The first-order chi connectivity index (χ1) is 12.9. The van der Waals surface area contributed by atoms with E-state index in [1.807, 2.05) is 13.8 Å². The maximum absolute atomic E-state index is 12.5. The van der Waals surface area contributed by atoms with E-state index in [-0.39, 0.29) is 23.6 Å². The SMILES string of the molecule is COc1nc(CNS(=O)(=O)c2cn(C(C)C)cn2)nc(N2CCCCC2)n1. The molecule has 27 heavy (non-hydrogen) atoms. The number of nitrogens with one attached hydrogen (secondary N) is 1. The van der Waals surface area contributed by atoms with E-state index < -0.39 is 10.0 Å². The van der Waals surface area contributed by atoms with Crippen LogP contribution in [0.15, 0.2) is 17.6 Å². The number of piperidine rings is 1. The van der Waals surface area contributed by atoms with E-state index in [4.69, 9.17) is 4.74 Å². The number of methoxy groups -OCH3 is 1. The van der Waals surface area contributed by atoms with E-state index in [2.05, 4.69) is 29.6 Å². The van der Waals surface area contributed by atoms with Gasteiger partial charge >= 0.3 is 6.01 Å². The standard InChI is InChI=1S/C16H25N7O3S/c1-12(2)23-10-14(17-11-23)27(24,25)18-9-13-19-15(21-16(20-13)26-3)22-7-5-4-6-8-22/h10-12,18H,4-9H2,1-3H3. The van der Waals surface area contributed by atoms with Crippen molar-refractivity contribution in [1.82, 2.24) is 29.2 Å². The molecule has 10 nitrogen and oxygen atoms in total. The molecule has 3 heterocycles. The van der Waals surface area contributed by atoms with E-state index in [0.29, 0.717) is 11.8 Å². The summed E-state index contributed by atoms with van der Waals surface area (Å²) in [5, 5.41) is -0.0338. The van der Waals surface area contributed by atoms with Crippen LogP contribution in [0.5, 0.6) is 6.01 Å². The highest BCUT2D eigenvalue weighted by Crippen LogP contribution is 2.18. The van der Waals surface area contributed by atoms with Crippen LogP contribution < -0.4 is 14.4 Å². The van der Waals surface area contributed by atoms with Gasteiger partial charge in [0.1, 0.15) is 0 Å². The number of ether oxygens (including phenoxy) is 1. The number of nitrogens with zero attached hydrogens (tertiary/aromatic N) is 6. The fraction of sp³-hybridized carbons (Fsp3) is 0.625. The Morgan fingerprint density at radius 3 is 2.56 bits per heavy atom. The Kier molecular flexibility index (Phi) is 5.90. The number of hydrogen-bond acceptors (Lipinski definition) is 8. The van der Waals surface area contributed by atoms with E-state index in [1.54, 1.807) is 4.57 Å². The smallest absolute Gasteiger partial charge is 0.321 e. The predicted molar refractivity (Wildman–Crippen MR) is 99.1 cm³/mol. The number of anilines is 1.